The zero-order chi connectivity index (χ0) is 25.8. The molecule has 8 nitrogen and oxygen atoms in total. The number of piperidine rings is 1. The van der Waals surface area contributed by atoms with Gasteiger partial charge in [0, 0.05) is 37.8 Å². The Bertz CT molecular complexity index is 1250. The first-order chi connectivity index (χ1) is 17.3. The average molecular weight is 510 g/mol. The fraction of sp³-hybridized carbons (Fsp3) is 0.481. The third kappa shape index (κ3) is 5.37. The van der Waals surface area contributed by atoms with Gasteiger partial charge in [-0.25, -0.2) is 4.98 Å². The molecule has 2 heterocycles. The number of rotatable bonds is 9. The third-order valence-corrected chi connectivity index (χ3v) is 8.24. The van der Waals surface area contributed by atoms with E-state index in [1.54, 1.807) is 17.0 Å². The minimum absolute atomic E-state index is 0.0118. The second kappa shape index (κ2) is 11.3. The highest BCUT2D eigenvalue weighted by atomic mass is 32.1. The summed E-state index contributed by atoms with van der Waals surface area (Å²) < 4.78 is 1.03. The Morgan fingerprint density at radius 1 is 1.08 bits per heavy atom. The van der Waals surface area contributed by atoms with Gasteiger partial charge < -0.3 is 9.80 Å². The van der Waals surface area contributed by atoms with Gasteiger partial charge in [-0.2, -0.15) is 0 Å². The van der Waals surface area contributed by atoms with Crippen LogP contribution in [-0.4, -0.2) is 60.0 Å². The van der Waals surface area contributed by atoms with Crippen LogP contribution in [-0.2, 0) is 0 Å². The molecule has 0 unspecified atom stereocenters. The molecule has 0 radical (unpaired) electrons. The maximum atomic E-state index is 13.9. The molecule has 2 aromatic carbocycles. The fourth-order valence-electron chi connectivity index (χ4n) is 4.76. The molecule has 4 rings (SSSR count). The van der Waals surface area contributed by atoms with Crippen molar-refractivity contribution in [3.8, 4) is 0 Å². The molecule has 36 heavy (non-hydrogen) atoms. The number of carbonyl (C=O) groups excluding carboxylic acids is 1. The molecule has 0 N–H and O–H groups in total. The lowest BCUT2D eigenvalue weighted by molar-refractivity contribution is -0.384. The SMILES string of the molecule is CCN(CC)CCN(C(=O)c1ccc(N2CCCCC2)c([N+](=O)[O-])c1)c1nc2c(C)c(C)ccc2s1. The van der Waals surface area contributed by atoms with Crippen LogP contribution < -0.4 is 9.80 Å². The zero-order valence-corrected chi connectivity index (χ0v) is 22.4. The predicted octanol–water partition coefficient (Wildman–Crippen LogP) is 5.80. The highest BCUT2D eigenvalue weighted by molar-refractivity contribution is 7.22. The lowest BCUT2D eigenvalue weighted by Gasteiger charge is -2.28. The molecular formula is C27H35N5O3S. The summed E-state index contributed by atoms with van der Waals surface area (Å²) in [4.78, 5) is 36.4. The Hall–Kier alpha value is -3.04. The molecule has 0 saturated carbocycles. The number of thiazole rings is 1. The molecule has 0 bridgehead atoms. The second-order valence-corrected chi connectivity index (χ2v) is 10.4. The summed E-state index contributed by atoms with van der Waals surface area (Å²) in [5.41, 5.74) is 4.06. The van der Waals surface area contributed by atoms with E-state index in [0.717, 1.165) is 66.8 Å². The minimum Gasteiger partial charge on any atom is -0.366 e. The monoisotopic (exact) mass is 509 g/mol. The number of carbonyl (C=O) groups is 1. The van der Waals surface area contributed by atoms with Crippen LogP contribution in [0.3, 0.4) is 0 Å². The van der Waals surface area contributed by atoms with Crippen molar-refractivity contribution >= 4 is 44.0 Å². The van der Waals surface area contributed by atoms with Crippen molar-refractivity contribution in [3.63, 3.8) is 0 Å². The average Bonchev–Trinajstić information content (AvgIpc) is 3.33. The number of nitrogens with zero attached hydrogens (tertiary/aromatic N) is 5. The van der Waals surface area contributed by atoms with Crippen molar-refractivity contribution in [1.82, 2.24) is 9.88 Å². The number of nitro groups is 1. The standard InChI is InChI=1S/C27H35N5O3S/c1-5-29(6-2)16-17-31(27-28-25-20(4)19(3)10-13-24(25)36-27)26(33)21-11-12-22(23(18-21)32(34)35)30-14-8-7-9-15-30/h10-13,18H,5-9,14-17H2,1-4H3. The number of aromatic nitrogens is 1. The van der Waals surface area contributed by atoms with E-state index in [1.165, 1.54) is 17.4 Å². The number of anilines is 2. The van der Waals surface area contributed by atoms with Crippen LogP contribution >= 0.6 is 11.3 Å². The van der Waals surface area contributed by atoms with Gasteiger partial charge in [-0.3, -0.25) is 19.8 Å². The normalized spacial score (nSPS) is 14.0. The van der Waals surface area contributed by atoms with Gasteiger partial charge in [0.15, 0.2) is 5.13 Å². The minimum atomic E-state index is -0.370. The van der Waals surface area contributed by atoms with Crippen LogP contribution in [0.15, 0.2) is 30.3 Å². The van der Waals surface area contributed by atoms with Crippen LogP contribution in [0, 0.1) is 24.0 Å². The van der Waals surface area contributed by atoms with Gasteiger partial charge in [0.25, 0.3) is 11.6 Å². The van der Waals surface area contributed by atoms with Crippen LogP contribution in [0.4, 0.5) is 16.5 Å². The van der Waals surface area contributed by atoms with Crippen molar-refractivity contribution in [2.24, 2.45) is 0 Å². The summed E-state index contributed by atoms with van der Waals surface area (Å²) in [5, 5.41) is 12.6. The molecule has 1 aliphatic heterocycles. The molecule has 1 fully saturated rings. The lowest BCUT2D eigenvalue weighted by atomic mass is 10.1. The summed E-state index contributed by atoms with van der Waals surface area (Å²) in [5.74, 6) is -0.260. The molecule has 1 aliphatic rings. The van der Waals surface area contributed by atoms with E-state index in [4.69, 9.17) is 4.98 Å². The Labute approximate surface area is 216 Å². The largest absolute Gasteiger partial charge is 0.366 e. The van der Waals surface area contributed by atoms with Gasteiger partial charge in [0.1, 0.15) is 5.69 Å². The van der Waals surface area contributed by atoms with Crippen molar-refractivity contribution < 1.29 is 9.72 Å². The maximum absolute atomic E-state index is 13.9. The molecule has 0 spiro atoms. The first kappa shape index (κ1) is 26.0. The number of likely N-dealkylation sites (N-methyl/N-ethyl adjacent to an activating group) is 1. The van der Waals surface area contributed by atoms with Crippen molar-refractivity contribution in [2.75, 3.05) is 49.1 Å². The summed E-state index contributed by atoms with van der Waals surface area (Å²) in [6.45, 7) is 12.8. The predicted molar refractivity (Wildman–Crippen MR) is 148 cm³/mol. The second-order valence-electron chi connectivity index (χ2n) is 9.34. The molecule has 1 amide bonds. The number of benzene rings is 2. The summed E-state index contributed by atoms with van der Waals surface area (Å²) in [6.07, 6.45) is 3.18. The highest BCUT2D eigenvalue weighted by Crippen LogP contribution is 2.35. The number of nitro benzene ring substituents is 1. The Kier molecular flexibility index (Phi) is 8.21. The summed E-state index contributed by atoms with van der Waals surface area (Å²) >= 11 is 1.49. The molecule has 9 heteroatoms. The van der Waals surface area contributed by atoms with Gasteiger partial charge in [-0.1, -0.05) is 31.3 Å². The van der Waals surface area contributed by atoms with E-state index in [0.29, 0.717) is 29.5 Å². The Morgan fingerprint density at radius 3 is 2.47 bits per heavy atom. The molecule has 3 aromatic rings. The first-order valence-electron chi connectivity index (χ1n) is 12.8. The molecular weight excluding hydrogens is 474 g/mol. The number of hydrogen-bond acceptors (Lipinski definition) is 7. The smallest absolute Gasteiger partial charge is 0.293 e. The van der Waals surface area contributed by atoms with Gasteiger partial charge in [-0.05, 0) is 75.5 Å². The van der Waals surface area contributed by atoms with Gasteiger partial charge >= 0.3 is 0 Å². The van der Waals surface area contributed by atoms with Gasteiger partial charge in [0.05, 0.1) is 15.1 Å². The van der Waals surface area contributed by atoms with Crippen LogP contribution in [0.25, 0.3) is 10.2 Å². The van der Waals surface area contributed by atoms with E-state index >= 15 is 0 Å². The van der Waals surface area contributed by atoms with E-state index < -0.39 is 0 Å². The maximum Gasteiger partial charge on any atom is 0.293 e. The van der Waals surface area contributed by atoms with Crippen molar-refractivity contribution in [3.05, 3.63) is 57.1 Å². The summed E-state index contributed by atoms with van der Waals surface area (Å²) in [7, 11) is 0. The number of aryl methyl sites for hydroxylation is 2. The number of amides is 1. The highest BCUT2D eigenvalue weighted by Gasteiger charge is 2.27. The van der Waals surface area contributed by atoms with Crippen LogP contribution in [0.1, 0.15) is 54.6 Å². The van der Waals surface area contributed by atoms with Crippen molar-refractivity contribution in [1.29, 1.82) is 0 Å². The van der Waals surface area contributed by atoms with E-state index in [2.05, 4.69) is 36.6 Å². The topological polar surface area (TPSA) is 82.8 Å². The zero-order valence-electron chi connectivity index (χ0n) is 21.6. The first-order valence-corrected chi connectivity index (χ1v) is 13.6. The van der Waals surface area contributed by atoms with E-state index in [-0.39, 0.29) is 16.5 Å². The Morgan fingerprint density at radius 2 is 1.81 bits per heavy atom. The van der Waals surface area contributed by atoms with Gasteiger partial charge in [-0.15, -0.1) is 0 Å². The molecule has 1 saturated heterocycles. The molecule has 192 valence electrons. The van der Waals surface area contributed by atoms with Gasteiger partial charge in [0.2, 0.25) is 0 Å². The number of fused-ring (bicyclic) bond motifs is 1. The van der Waals surface area contributed by atoms with Crippen molar-refractivity contribution in [2.45, 2.75) is 47.0 Å². The fourth-order valence-corrected chi connectivity index (χ4v) is 5.81. The molecule has 0 aliphatic carbocycles. The number of hydrogen-bond donors (Lipinski definition) is 0. The summed E-state index contributed by atoms with van der Waals surface area (Å²) in [6, 6.07) is 9.03. The van der Waals surface area contributed by atoms with E-state index in [1.807, 2.05) is 13.0 Å². The molecule has 1 aromatic heterocycles. The van der Waals surface area contributed by atoms with Crippen LogP contribution in [0.2, 0.25) is 0 Å². The quantitative estimate of drug-likeness (QED) is 0.268. The Balaban J connectivity index is 1.72. The molecule has 0 atom stereocenters. The third-order valence-electron chi connectivity index (χ3n) is 7.20. The van der Waals surface area contributed by atoms with E-state index in [9.17, 15) is 14.9 Å². The lowest BCUT2D eigenvalue weighted by Crippen LogP contribution is -2.39. The van der Waals surface area contributed by atoms with Crippen LogP contribution in [0.5, 0.6) is 0 Å².